The van der Waals surface area contributed by atoms with E-state index in [0.717, 1.165) is 0 Å². The van der Waals surface area contributed by atoms with Crippen LogP contribution in [0.2, 0.25) is 0 Å². The van der Waals surface area contributed by atoms with Crippen LogP contribution in [0, 0.1) is 0 Å². The largest absolute Gasteiger partial charge is 0.475 e. The van der Waals surface area contributed by atoms with Crippen LogP contribution in [0.25, 0.3) is 5.65 Å². The Bertz CT molecular complexity index is 436. The van der Waals surface area contributed by atoms with Crippen molar-refractivity contribution < 1.29 is 9.90 Å². The van der Waals surface area contributed by atoms with Crippen molar-refractivity contribution in [3.8, 4) is 0 Å². The van der Waals surface area contributed by atoms with Gasteiger partial charge in [0.15, 0.2) is 5.65 Å². The highest BCUT2D eigenvalue weighted by atomic mass is 16.4. The van der Waals surface area contributed by atoms with E-state index in [4.69, 9.17) is 5.11 Å². The number of hydrogen-bond acceptors (Lipinski definition) is 4. The van der Waals surface area contributed by atoms with Crippen LogP contribution in [-0.2, 0) is 0 Å². The predicted molar refractivity (Wildman–Crippen MR) is 37.7 cm³/mol. The minimum atomic E-state index is -1.14. The summed E-state index contributed by atoms with van der Waals surface area (Å²) in [6.07, 6.45) is 2.83. The van der Waals surface area contributed by atoms with E-state index in [9.17, 15) is 4.79 Å². The lowest BCUT2D eigenvalue weighted by Crippen LogP contribution is -2.05. The predicted octanol–water partition coefficient (Wildman–Crippen LogP) is -0.177. The van der Waals surface area contributed by atoms with Crippen molar-refractivity contribution in [2.24, 2.45) is 0 Å². The average molecular weight is 164 g/mol. The van der Waals surface area contributed by atoms with Gasteiger partial charge in [0.1, 0.15) is 6.33 Å². The van der Waals surface area contributed by atoms with Crippen LogP contribution in [0.4, 0.5) is 0 Å². The average Bonchev–Trinajstić information content (AvgIpc) is 2.49. The van der Waals surface area contributed by atoms with Gasteiger partial charge in [-0.25, -0.2) is 19.3 Å². The van der Waals surface area contributed by atoms with Crippen LogP contribution < -0.4 is 0 Å². The summed E-state index contributed by atoms with van der Waals surface area (Å²) in [4.78, 5) is 17.7. The number of carboxylic acids is 1. The van der Waals surface area contributed by atoms with Crippen LogP contribution in [0.3, 0.4) is 0 Å². The third kappa shape index (κ3) is 0.895. The van der Waals surface area contributed by atoms with Crippen molar-refractivity contribution in [3.05, 3.63) is 24.4 Å². The standard InChI is InChI=1S/C6H4N4O2/c11-6(12)5-7-3-10-4(9-5)1-2-8-10/h1-3H,(H,11,12). The first kappa shape index (κ1) is 6.71. The second kappa shape index (κ2) is 2.26. The summed E-state index contributed by atoms with van der Waals surface area (Å²) in [6.45, 7) is 0. The molecule has 2 heterocycles. The molecular formula is C6H4N4O2. The number of carboxylic acid groups (broad SMARTS) is 1. The number of hydrogen-bond donors (Lipinski definition) is 1. The topological polar surface area (TPSA) is 80.4 Å². The molecule has 0 aliphatic heterocycles. The molecule has 6 heteroatoms. The Kier molecular flexibility index (Phi) is 1.26. The van der Waals surface area contributed by atoms with Crippen molar-refractivity contribution >= 4 is 11.6 Å². The number of fused-ring (bicyclic) bond motifs is 1. The van der Waals surface area contributed by atoms with Gasteiger partial charge < -0.3 is 5.11 Å². The Hall–Kier alpha value is -1.98. The fourth-order valence-electron chi connectivity index (χ4n) is 0.835. The molecule has 0 saturated heterocycles. The normalized spacial score (nSPS) is 10.3. The summed E-state index contributed by atoms with van der Waals surface area (Å²) < 4.78 is 1.40. The third-order valence-electron chi connectivity index (χ3n) is 1.35. The van der Waals surface area contributed by atoms with E-state index >= 15 is 0 Å². The molecule has 2 aromatic rings. The zero-order valence-corrected chi connectivity index (χ0v) is 5.88. The molecule has 0 unspecified atom stereocenters. The smallest absolute Gasteiger partial charge is 0.374 e. The molecule has 12 heavy (non-hydrogen) atoms. The van der Waals surface area contributed by atoms with E-state index in [-0.39, 0.29) is 5.82 Å². The fraction of sp³-hybridized carbons (Fsp3) is 0. The van der Waals surface area contributed by atoms with E-state index < -0.39 is 5.97 Å². The number of rotatable bonds is 1. The van der Waals surface area contributed by atoms with Crippen molar-refractivity contribution in [1.29, 1.82) is 0 Å². The highest BCUT2D eigenvalue weighted by Crippen LogP contribution is 1.96. The number of carbonyl (C=O) groups is 1. The molecule has 0 aromatic carbocycles. The molecule has 60 valence electrons. The van der Waals surface area contributed by atoms with E-state index in [1.807, 2.05) is 0 Å². The van der Waals surface area contributed by atoms with Gasteiger partial charge >= 0.3 is 5.97 Å². The quantitative estimate of drug-likeness (QED) is 0.632. The first-order chi connectivity index (χ1) is 5.77. The van der Waals surface area contributed by atoms with Crippen LogP contribution in [0.5, 0.6) is 0 Å². The Morgan fingerprint density at radius 2 is 2.42 bits per heavy atom. The second-order valence-corrected chi connectivity index (χ2v) is 2.12. The maximum absolute atomic E-state index is 10.4. The zero-order valence-electron chi connectivity index (χ0n) is 5.88. The molecule has 0 fully saturated rings. The summed E-state index contributed by atoms with van der Waals surface area (Å²) in [6, 6.07) is 1.61. The Morgan fingerprint density at radius 3 is 3.17 bits per heavy atom. The van der Waals surface area contributed by atoms with Crippen LogP contribution in [0.15, 0.2) is 18.6 Å². The summed E-state index contributed by atoms with van der Waals surface area (Å²) in [5.74, 6) is -1.36. The fourth-order valence-corrected chi connectivity index (χ4v) is 0.835. The van der Waals surface area contributed by atoms with E-state index in [2.05, 4.69) is 15.1 Å². The molecule has 0 radical (unpaired) electrons. The van der Waals surface area contributed by atoms with E-state index in [1.165, 1.54) is 17.0 Å². The molecule has 0 aliphatic carbocycles. The van der Waals surface area contributed by atoms with Crippen LogP contribution in [0.1, 0.15) is 10.6 Å². The van der Waals surface area contributed by atoms with Gasteiger partial charge in [0, 0.05) is 6.07 Å². The molecule has 2 rings (SSSR count). The van der Waals surface area contributed by atoms with Gasteiger partial charge in [0.25, 0.3) is 0 Å². The van der Waals surface area contributed by atoms with E-state index in [0.29, 0.717) is 5.65 Å². The molecular weight excluding hydrogens is 160 g/mol. The van der Waals surface area contributed by atoms with Gasteiger partial charge in [-0.2, -0.15) is 5.10 Å². The SMILES string of the molecule is O=C(O)c1ncn2nccc2n1. The molecule has 1 N–H and O–H groups in total. The number of nitrogens with zero attached hydrogens (tertiary/aromatic N) is 4. The number of aromatic carboxylic acids is 1. The van der Waals surface area contributed by atoms with Gasteiger partial charge in [-0.15, -0.1) is 0 Å². The third-order valence-corrected chi connectivity index (χ3v) is 1.35. The minimum absolute atomic E-state index is 0.219. The lowest BCUT2D eigenvalue weighted by molar-refractivity contribution is 0.0683. The van der Waals surface area contributed by atoms with Crippen molar-refractivity contribution in [2.45, 2.75) is 0 Å². The highest BCUT2D eigenvalue weighted by Gasteiger charge is 2.06. The maximum Gasteiger partial charge on any atom is 0.374 e. The lowest BCUT2D eigenvalue weighted by Gasteiger charge is -1.92. The zero-order chi connectivity index (χ0) is 8.55. The highest BCUT2D eigenvalue weighted by molar-refractivity contribution is 5.83. The Labute approximate surface area is 66.5 Å². The minimum Gasteiger partial charge on any atom is -0.475 e. The molecule has 0 spiro atoms. The Morgan fingerprint density at radius 1 is 1.58 bits per heavy atom. The summed E-state index contributed by atoms with van der Waals surface area (Å²) in [5, 5.41) is 12.3. The second-order valence-electron chi connectivity index (χ2n) is 2.12. The number of aromatic nitrogens is 4. The van der Waals surface area contributed by atoms with Crippen molar-refractivity contribution in [3.63, 3.8) is 0 Å². The monoisotopic (exact) mass is 164 g/mol. The summed E-state index contributed by atoms with van der Waals surface area (Å²) >= 11 is 0. The molecule has 0 amide bonds. The molecule has 2 aromatic heterocycles. The van der Waals surface area contributed by atoms with Crippen LogP contribution >= 0.6 is 0 Å². The molecule has 0 bridgehead atoms. The lowest BCUT2D eigenvalue weighted by atomic mass is 10.6. The van der Waals surface area contributed by atoms with Gasteiger partial charge in [-0.05, 0) is 0 Å². The summed E-state index contributed by atoms with van der Waals surface area (Å²) in [5.41, 5.74) is 0.474. The molecule has 0 aliphatic rings. The molecule has 6 nitrogen and oxygen atoms in total. The van der Waals surface area contributed by atoms with Crippen molar-refractivity contribution in [2.75, 3.05) is 0 Å². The first-order valence-corrected chi connectivity index (χ1v) is 3.17. The van der Waals surface area contributed by atoms with Crippen molar-refractivity contribution in [1.82, 2.24) is 19.6 Å². The van der Waals surface area contributed by atoms with E-state index in [1.54, 1.807) is 6.07 Å². The van der Waals surface area contributed by atoms with Gasteiger partial charge in [-0.3, -0.25) is 0 Å². The van der Waals surface area contributed by atoms with Gasteiger partial charge in [0.2, 0.25) is 5.82 Å². The first-order valence-electron chi connectivity index (χ1n) is 3.17. The van der Waals surface area contributed by atoms with Crippen LogP contribution in [-0.4, -0.2) is 30.7 Å². The molecule has 0 atom stereocenters. The Balaban J connectivity index is 2.68. The molecule has 0 saturated carbocycles. The van der Waals surface area contributed by atoms with Gasteiger partial charge in [-0.1, -0.05) is 0 Å². The summed E-state index contributed by atoms with van der Waals surface area (Å²) in [7, 11) is 0. The van der Waals surface area contributed by atoms with Gasteiger partial charge in [0.05, 0.1) is 6.20 Å². The maximum atomic E-state index is 10.4.